The van der Waals surface area contributed by atoms with Gasteiger partial charge in [0.05, 0.1) is 21.2 Å². The van der Waals surface area contributed by atoms with E-state index in [2.05, 4.69) is 21.2 Å². The predicted molar refractivity (Wildman–Crippen MR) is 94.3 cm³/mol. The molecular weight excluding hydrogens is 368 g/mol. The van der Waals surface area contributed by atoms with Crippen LogP contribution < -0.4 is 11.1 Å². The maximum Gasteiger partial charge on any atom is 0.230 e. The van der Waals surface area contributed by atoms with E-state index in [1.54, 1.807) is 11.3 Å². The number of carbonyl (C=O) groups is 1. The van der Waals surface area contributed by atoms with Crippen LogP contribution >= 0.6 is 39.5 Å². The Morgan fingerprint density at radius 1 is 1.29 bits per heavy atom. The third-order valence-electron chi connectivity index (χ3n) is 3.01. The molecule has 21 heavy (non-hydrogen) atoms. The number of amides is 1. The molecular formula is C15H15BrN2OS2. The molecule has 0 fully saturated rings. The molecule has 1 aromatic carbocycles. The average molecular weight is 383 g/mol. The van der Waals surface area contributed by atoms with Crippen molar-refractivity contribution < 1.29 is 4.79 Å². The minimum absolute atomic E-state index is 0.129. The average Bonchev–Trinajstić information content (AvgIpc) is 2.89. The summed E-state index contributed by atoms with van der Waals surface area (Å²) in [7, 11) is 0. The largest absolute Gasteiger partial charge is 0.393 e. The van der Waals surface area contributed by atoms with Gasteiger partial charge in [-0.2, -0.15) is 0 Å². The number of nitrogens with one attached hydrogen (secondary N) is 1. The van der Waals surface area contributed by atoms with Crippen LogP contribution in [0.15, 0.2) is 46.3 Å². The van der Waals surface area contributed by atoms with Crippen LogP contribution in [0.3, 0.4) is 0 Å². The van der Waals surface area contributed by atoms with Crippen molar-refractivity contribution in [2.24, 2.45) is 11.7 Å². The van der Waals surface area contributed by atoms with Crippen LogP contribution in [0.5, 0.6) is 0 Å². The van der Waals surface area contributed by atoms with Gasteiger partial charge in [-0.05, 0) is 40.0 Å². The zero-order chi connectivity index (χ0) is 15.2. The van der Waals surface area contributed by atoms with E-state index in [1.807, 2.05) is 42.5 Å². The van der Waals surface area contributed by atoms with Gasteiger partial charge in [-0.15, -0.1) is 11.3 Å². The number of rotatable bonds is 6. The van der Waals surface area contributed by atoms with Gasteiger partial charge in [0.15, 0.2) is 0 Å². The smallest absolute Gasteiger partial charge is 0.230 e. The zero-order valence-electron chi connectivity index (χ0n) is 11.2. The van der Waals surface area contributed by atoms with E-state index in [9.17, 15) is 4.79 Å². The van der Waals surface area contributed by atoms with Crippen molar-refractivity contribution >= 4 is 50.4 Å². The van der Waals surface area contributed by atoms with E-state index in [0.29, 0.717) is 13.0 Å². The second kappa shape index (κ2) is 7.68. The van der Waals surface area contributed by atoms with Crippen LogP contribution in [0.1, 0.15) is 10.4 Å². The van der Waals surface area contributed by atoms with E-state index in [1.165, 1.54) is 0 Å². The van der Waals surface area contributed by atoms with E-state index in [4.69, 9.17) is 18.0 Å². The van der Waals surface area contributed by atoms with Crippen molar-refractivity contribution in [2.45, 2.75) is 13.0 Å². The molecule has 0 radical (unpaired) electrons. The van der Waals surface area contributed by atoms with Crippen LogP contribution in [0.4, 0.5) is 0 Å². The number of halogens is 1. The summed E-state index contributed by atoms with van der Waals surface area (Å²) in [5.74, 6) is -0.610. The number of hydrogen-bond acceptors (Lipinski definition) is 3. The van der Waals surface area contributed by atoms with E-state index < -0.39 is 5.92 Å². The van der Waals surface area contributed by atoms with Crippen molar-refractivity contribution in [2.75, 3.05) is 0 Å². The molecule has 6 heteroatoms. The molecule has 110 valence electrons. The number of benzene rings is 1. The molecule has 0 aliphatic rings. The lowest BCUT2D eigenvalue weighted by Gasteiger charge is -2.15. The lowest BCUT2D eigenvalue weighted by Crippen LogP contribution is -2.38. The molecule has 1 unspecified atom stereocenters. The maximum absolute atomic E-state index is 12.3. The lowest BCUT2D eigenvalue weighted by molar-refractivity contribution is -0.123. The number of thiocarbonyl (C=S) groups is 1. The van der Waals surface area contributed by atoms with Gasteiger partial charge < -0.3 is 11.1 Å². The van der Waals surface area contributed by atoms with Gasteiger partial charge in [-0.1, -0.05) is 42.5 Å². The highest BCUT2D eigenvalue weighted by Gasteiger charge is 2.21. The van der Waals surface area contributed by atoms with Gasteiger partial charge in [-0.25, -0.2) is 0 Å². The van der Waals surface area contributed by atoms with Gasteiger partial charge in [0.1, 0.15) is 0 Å². The molecule has 2 aromatic rings. The second-order valence-electron chi connectivity index (χ2n) is 4.57. The summed E-state index contributed by atoms with van der Waals surface area (Å²) in [6.07, 6.45) is 0.524. The third-order valence-corrected chi connectivity index (χ3v) is 4.92. The Labute approximate surface area is 141 Å². The van der Waals surface area contributed by atoms with Crippen molar-refractivity contribution in [3.63, 3.8) is 0 Å². The summed E-state index contributed by atoms with van der Waals surface area (Å²) in [5, 5.41) is 2.90. The van der Waals surface area contributed by atoms with Crippen molar-refractivity contribution in [3.8, 4) is 0 Å². The summed E-state index contributed by atoms with van der Waals surface area (Å²) in [6.45, 7) is 0.489. The van der Waals surface area contributed by atoms with E-state index in [-0.39, 0.29) is 10.9 Å². The van der Waals surface area contributed by atoms with Crippen LogP contribution in [-0.2, 0) is 17.8 Å². The molecule has 0 aliphatic heterocycles. The summed E-state index contributed by atoms with van der Waals surface area (Å²) in [4.78, 5) is 13.6. The first-order chi connectivity index (χ1) is 10.1. The van der Waals surface area contributed by atoms with E-state index >= 15 is 0 Å². The Morgan fingerprint density at radius 2 is 2.00 bits per heavy atom. The molecule has 0 saturated heterocycles. The fraction of sp³-hybridized carbons (Fsp3) is 0.200. The van der Waals surface area contributed by atoms with Gasteiger partial charge in [0, 0.05) is 4.88 Å². The fourth-order valence-corrected chi connectivity index (χ4v) is 3.53. The topological polar surface area (TPSA) is 55.1 Å². The Kier molecular flexibility index (Phi) is 5.90. The Hall–Kier alpha value is -1.24. The first-order valence-electron chi connectivity index (χ1n) is 6.41. The molecule has 1 amide bonds. The van der Waals surface area contributed by atoms with E-state index in [0.717, 1.165) is 14.2 Å². The predicted octanol–water partition coefficient (Wildman–Crippen LogP) is 3.27. The number of carbonyl (C=O) groups excluding carboxylic acids is 1. The Morgan fingerprint density at radius 3 is 2.57 bits per heavy atom. The molecule has 0 bridgehead atoms. The molecule has 0 saturated carbocycles. The first kappa shape index (κ1) is 16.1. The zero-order valence-corrected chi connectivity index (χ0v) is 14.4. The van der Waals surface area contributed by atoms with Crippen LogP contribution in [-0.4, -0.2) is 10.9 Å². The van der Waals surface area contributed by atoms with Crippen molar-refractivity contribution in [3.05, 3.63) is 56.7 Å². The molecule has 3 N–H and O–H groups in total. The Balaban J connectivity index is 1.97. The summed E-state index contributed by atoms with van der Waals surface area (Å²) in [6, 6.07) is 13.7. The molecule has 2 rings (SSSR count). The lowest BCUT2D eigenvalue weighted by atomic mass is 9.98. The van der Waals surface area contributed by atoms with Crippen molar-refractivity contribution in [1.29, 1.82) is 0 Å². The summed E-state index contributed by atoms with van der Waals surface area (Å²) in [5.41, 5.74) is 6.77. The monoisotopic (exact) mass is 382 g/mol. The van der Waals surface area contributed by atoms with Crippen LogP contribution in [0.25, 0.3) is 0 Å². The van der Waals surface area contributed by atoms with Crippen LogP contribution in [0, 0.1) is 5.92 Å². The van der Waals surface area contributed by atoms with Gasteiger partial charge in [0.25, 0.3) is 0 Å². The quantitative estimate of drug-likeness (QED) is 0.753. The molecule has 1 atom stereocenters. The number of nitrogens with two attached hydrogens (primary N) is 1. The third kappa shape index (κ3) is 4.91. The fourth-order valence-electron chi connectivity index (χ4n) is 1.92. The van der Waals surface area contributed by atoms with Crippen LogP contribution in [0.2, 0.25) is 0 Å². The minimum atomic E-state index is -0.481. The molecule has 1 heterocycles. The number of hydrogen-bond donors (Lipinski definition) is 2. The maximum atomic E-state index is 12.3. The van der Waals surface area contributed by atoms with Gasteiger partial charge >= 0.3 is 0 Å². The SMILES string of the molecule is NC(=S)C(Cc1ccccc1)C(=O)NCc1ccc(Br)s1. The minimum Gasteiger partial charge on any atom is -0.393 e. The molecule has 0 spiro atoms. The highest BCUT2D eigenvalue weighted by Crippen LogP contribution is 2.22. The van der Waals surface area contributed by atoms with Gasteiger partial charge in [-0.3, -0.25) is 4.79 Å². The summed E-state index contributed by atoms with van der Waals surface area (Å²) < 4.78 is 1.04. The highest BCUT2D eigenvalue weighted by atomic mass is 79.9. The highest BCUT2D eigenvalue weighted by molar-refractivity contribution is 9.11. The van der Waals surface area contributed by atoms with Gasteiger partial charge in [0.2, 0.25) is 5.91 Å². The second-order valence-corrected chi connectivity index (χ2v) is 7.59. The Bertz CT molecular complexity index is 628. The molecule has 3 nitrogen and oxygen atoms in total. The normalized spacial score (nSPS) is 11.9. The summed E-state index contributed by atoms with van der Waals surface area (Å²) >= 11 is 10.0. The van der Waals surface area contributed by atoms with Crippen molar-refractivity contribution in [1.82, 2.24) is 5.32 Å². The molecule has 1 aromatic heterocycles. The first-order valence-corrected chi connectivity index (χ1v) is 8.43. The molecule has 0 aliphatic carbocycles. The number of thiophene rings is 1. The standard InChI is InChI=1S/C15H15BrN2OS2/c16-13-7-6-11(21-13)9-18-15(19)12(14(17)20)8-10-4-2-1-3-5-10/h1-7,12H,8-9H2,(H2,17,20)(H,18,19).